The largest absolute Gasteiger partial charge is 0.417 e. The third kappa shape index (κ3) is 4.77. The van der Waals surface area contributed by atoms with Crippen molar-refractivity contribution in [2.24, 2.45) is 5.10 Å². The van der Waals surface area contributed by atoms with Crippen LogP contribution in [-0.4, -0.2) is 21.7 Å². The van der Waals surface area contributed by atoms with Crippen LogP contribution >= 0.6 is 0 Å². The third-order valence-corrected chi connectivity index (χ3v) is 2.71. The molecule has 0 atom stereocenters. The second-order valence-electron chi connectivity index (χ2n) is 4.46. The van der Waals surface area contributed by atoms with Gasteiger partial charge in [-0.05, 0) is 12.1 Å². The quantitative estimate of drug-likeness (QED) is 0.682. The highest BCUT2D eigenvalue weighted by molar-refractivity contribution is 5.81. The van der Waals surface area contributed by atoms with Gasteiger partial charge in [-0.2, -0.15) is 18.3 Å². The Morgan fingerprint density at radius 1 is 1.35 bits per heavy atom. The summed E-state index contributed by atoms with van der Waals surface area (Å²) < 4.78 is 38.4. The first-order valence-electron chi connectivity index (χ1n) is 6.36. The molecule has 0 aromatic carbocycles. The lowest BCUT2D eigenvalue weighted by molar-refractivity contribution is -0.138. The van der Waals surface area contributed by atoms with Crippen LogP contribution in [0.15, 0.2) is 52.8 Å². The molecule has 0 aliphatic carbocycles. The molecule has 0 aliphatic heterocycles. The Morgan fingerprint density at radius 2 is 2.13 bits per heavy atom. The first-order valence-corrected chi connectivity index (χ1v) is 6.36. The number of alkyl halides is 3. The molecule has 1 N–H and O–H groups in total. The van der Waals surface area contributed by atoms with E-state index in [-0.39, 0.29) is 0 Å². The zero-order chi connectivity index (χ0) is 16.9. The van der Waals surface area contributed by atoms with Gasteiger partial charge in [0.25, 0.3) is 11.5 Å². The number of nitrogens with one attached hydrogen (secondary N) is 1. The molecule has 0 saturated heterocycles. The molecule has 23 heavy (non-hydrogen) atoms. The number of carbonyl (C=O) groups is 1. The van der Waals surface area contributed by atoms with Crippen molar-refractivity contribution in [2.75, 3.05) is 0 Å². The van der Waals surface area contributed by atoms with E-state index < -0.39 is 29.8 Å². The maximum atomic E-state index is 12.6. The van der Waals surface area contributed by atoms with E-state index in [1.54, 1.807) is 18.3 Å². The van der Waals surface area contributed by atoms with Gasteiger partial charge in [-0.15, -0.1) is 0 Å². The number of amides is 1. The molecule has 2 heterocycles. The molecular weight excluding hydrogens is 313 g/mol. The fraction of sp³-hybridized carbons (Fsp3) is 0.143. The molecule has 120 valence electrons. The number of hydrazone groups is 1. The lowest BCUT2D eigenvalue weighted by Gasteiger charge is -2.09. The number of rotatable bonds is 4. The van der Waals surface area contributed by atoms with Gasteiger partial charge in [0.05, 0.1) is 11.8 Å². The van der Waals surface area contributed by atoms with Crippen LogP contribution < -0.4 is 11.0 Å². The summed E-state index contributed by atoms with van der Waals surface area (Å²) in [5.74, 6) is -0.730. The Balaban J connectivity index is 2.03. The second-order valence-corrected chi connectivity index (χ2v) is 4.46. The Morgan fingerprint density at radius 3 is 2.78 bits per heavy atom. The van der Waals surface area contributed by atoms with E-state index in [9.17, 15) is 22.8 Å². The summed E-state index contributed by atoms with van der Waals surface area (Å²) in [6.45, 7) is -0.576. The van der Waals surface area contributed by atoms with Crippen molar-refractivity contribution >= 4 is 12.1 Å². The Labute approximate surface area is 128 Å². The lowest BCUT2D eigenvalue weighted by Crippen LogP contribution is -2.30. The van der Waals surface area contributed by atoms with Crippen molar-refractivity contribution in [2.45, 2.75) is 12.7 Å². The summed E-state index contributed by atoms with van der Waals surface area (Å²) in [5, 5.41) is 3.64. The zero-order valence-electron chi connectivity index (χ0n) is 11.6. The number of pyridine rings is 2. The van der Waals surface area contributed by atoms with Crippen LogP contribution in [0.2, 0.25) is 0 Å². The Kier molecular flexibility index (Phi) is 4.89. The predicted octanol–water partition coefficient (Wildman–Crippen LogP) is 1.41. The van der Waals surface area contributed by atoms with Crippen LogP contribution in [0, 0.1) is 0 Å². The lowest BCUT2D eigenvalue weighted by atomic mass is 10.3. The first-order chi connectivity index (χ1) is 10.9. The number of hydrogen-bond donors (Lipinski definition) is 1. The second kappa shape index (κ2) is 6.86. The van der Waals surface area contributed by atoms with Crippen LogP contribution in [0.5, 0.6) is 0 Å². The SMILES string of the molecule is O=C(Cn1cc(C(F)(F)F)ccc1=O)NN=Cc1cccnc1. The molecule has 0 aliphatic rings. The third-order valence-electron chi connectivity index (χ3n) is 2.71. The van der Waals surface area contributed by atoms with Gasteiger partial charge >= 0.3 is 6.18 Å². The summed E-state index contributed by atoms with van der Waals surface area (Å²) in [5.41, 5.74) is 1.03. The van der Waals surface area contributed by atoms with Crippen molar-refractivity contribution in [1.82, 2.24) is 15.0 Å². The van der Waals surface area contributed by atoms with Gasteiger partial charge in [0.15, 0.2) is 0 Å². The number of hydrogen-bond acceptors (Lipinski definition) is 4. The molecule has 2 rings (SSSR count). The van der Waals surface area contributed by atoms with Gasteiger partial charge < -0.3 is 4.57 Å². The molecule has 0 radical (unpaired) electrons. The minimum atomic E-state index is -4.59. The van der Waals surface area contributed by atoms with Crippen LogP contribution in [0.25, 0.3) is 0 Å². The minimum Gasteiger partial charge on any atom is -0.305 e. The standard InChI is InChI=1S/C14H11F3N4O2/c15-14(16,17)11-3-4-13(23)21(8-11)9-12(22)20-19-7-10-2-1-5-18-6-10/h1-8H,9H2,(H,20,22). The van der Waals surface area contributed by atoms with Crippen LogP contribution in [0.1, 0.15) is 11.1 Å². The first kappa shape index (κ1) is 16.4. The van der Waals surface area contributed by atoms with Gasteiger partial charge in [0, 0.05) is 30.2 Å². The van der Waals surface area contributed by atoms with Crippen molar-refractivity contribution in [3.63, 3.8) is 0 Å². The van der Waals surface area contributed by atoms with E-state index in [0.717, 1.165) is 6.07 Å². The van der Waals surface area contributed by atoms with Crippen molar-refractivity contribution < 1.29 is 18.0 Å². The molecule has 1 amide bonds. The highest BCUT2D eigenvalue weighted by atomic mass is 19.4. The summed E-state index contributed by atoms with van der Waals surface area (Å²) in [7, 11) is 0. The van der Waals surface area contributed by atoms with Crippen LogP contribution in [0.3, 0.4) is 0 Å². The van der Waals surface area contributed by atoms with E-state index in [1.807, 2.05) is 0 Å². The van der Waals surface area contributed by atoms with E-state index in [4.69, 9.17) is 0 Å². The maximum Gasteiger partial charge on any atom is 0.417 e. The van der Waals surface area contributed by atoms with Crippen LogP contribution in [-0.2, 0) is 17.5 Å². The molecule has 0 fully saturated rings. The molecule has 0 bridgehead atoms. The number of nitrogens with zero attached hydrogens (tertiary/aromatic N) is 3. The Bertz CT molecular complexity index is 770. The van der Waals surface area contributed by atoms with Crippen molar-refractivity contribution in [3.8, 4) is 0 Å². The average molecular weight is 324 g/mol. The molecular formula is C14H11F3N4O2. The molecule has 0 saturated carbocycles. The fourth-order valence-electron chi connectivity index (χ4n) is 1.64. The van der Waals surface area contributed by atoms with Crippen molar-refractivity contribution in [3.05, 3.63) is 64.3 Å². The monoisotopic (exact) mass is 324 g/mol. The van der Waals surface area contributed by atoms with E-state index in [2.05, 4.69) is 15.5 Å². The van der Waals surface area contributed by atoms with E-state index in [1.165, 1.54) is 12.4 Å². The van der Waals surface area contributed by atoms with Gasteiger partial charge in [-0.3, -0.25) is 14.6 Å². The molecule has 9 heteroatoms. The minimum absolute atomic E-state index is 0.576. The van der Waals surface area contributed by atoms with Gasteiger partial charge in [0.1, 0.15) is 6.54 Å². The van der Waals surface area contributed by atoms with Crippen LogP contribution in [0.4, 0.5) is 13.2 Å². The molecule has 0 unspecified atom stereocenters. The number of aromatic nitrogens is 2. The highest BCUT2D eigenvalue weighted by Crippen LogP contribution is 2.27. The number of carbonyl (C=O) groups excluding carboxylic acids is 1. The van der Waals surface area contributed by atoms with E-state index >= 15 is 0 Å². The van der Waals surface area contributed by atoms with Crippen molar-refractivity contribution in [1.29, 1.82) is 0 Å². The highest BCUT2D eigenvalue weighted by Gasteiger charge is 2.31. The fourth-order valence-corrected chi connectivity index (χ4v) is 1.64. The zero-order valence-corrected chi connectivity index (χ0v) is 11.6. The van der Waals surface area contributed by atoms with Gasteiger partial charge in [-0.1, -0.05) is 6.07 Å². The molecule has 6 nitrogen and oxygen atoms in total. The summed E-state index contributed by atoms with van der Waals surface area (Å²) in [6, 6.07) is 4.79. The van der Waals surface area contributed by atoms with Gasteiger partial charge in [-0.25, -0.2) is 5.43 Å². The molecule has 0 spiro atoms. The average Bonchev–Trinajstić information content (AvgIpc) is 2.49. The topological polar surface area (TPSA) is 76.3 Å². The molecule has 2 aromatic rings. The summed E-state index contributed by atoms with van der Waals surface area (Å²) in [6.07, 6.45) is 0.389. The van der Waals surface area contributed by atoms with E-state index in [0.29, 0.717) is 22.4 Å². The summed E-state index contributed by atoms with van der Waals surface area (Å²) in [4.78, 5) is 27.0. The Hall–Kier alpha value is -2.97. The predicted molar refractivity (Wildman–Crippen MR) is 75.7 cm³/mol. The summed E-state index contributed by atoms with van der Waals surface area (Å²) >= 11 is 0. The number of halogens is 3. The maximum absolute atomic E-state index is 12.6. The van der Waals surface area contributed by atoms with Gasteiger partial charge in [0.2, 0.25) is 0 Å². The normalized spacial score (nSPS) is 11.6. The molecule has 2 aromatic heterocycles. The smallest absolute Gasteiger partial charge is 0.305 e.